The number of amides is 1. The number of carbonyl (C=O) groups excluding carboxylic acids is 1. The molecule has 2 aromatic rings. The van der Waals surface area contributed by atoms with Crippen molar-refractivity contribution in [1.29, 1.82) is 0 Å². The van der Waals surface area contributed by atoms with E-state index in [-0.39, 0.29) is 16.9 Å². The zero-order chi connectivity index (χ0) is 21.7. The van der Waals surface area contributed by atoms with E-state index in [0.717, 1.165) is 68.7 Å². The van der Waals surface area contributed by atoms with Gasteiger partial charge in [0, 0.05) is 55.5 Å². The first kappa shape index (κ1) is 19.8. The summed E-state index contributed by atoms with van der Waals surface area (Å²) in [7, 11) is 0. The first-order valence-electron chi connectivity index (χ1n) is 11.7. The molecule has 1 spiro atoms. The van der Waals surface area contributed by atoms with Gasteiger partial charge in [-0.25, -0.2) is 15.0 Å². The molecular weight excluding hydrogens is 408 g/mol. The van der Waals surface area contributed by atoms with Gasteiger partial charge in [-0.05, 0) is 38.5 Å². The molecular formula is C23H28N6O3. The van der Waals surface area contributed by atoms with E-state index in [1.165, 1.54) is 0 Å². The fourth-order valence-corrected chi connectivity index (χ4v) is 5.37. The van der Waals surface area contributed by atoms with Gasteiger partial charge in [-0.1, -0.05) is 0 Å². The largest absolute Gasteiger partial charge is 0.378 e. The maximum absolute atomic E-state index is 13.0. The van der Waals surface area contributed by atoms with Crippen LogP contribution >= 0.6 is 0 Å². The number of hydrogen-bond donors (Lipinski definition) is 1. The lowest BCUT2D eigenvalue weighted by Crippen LogP contribution is -2.45. The zero-order valence-electron chi connectivity index (χ0n) is 18.2. The Labute approximate surface area is 186 Å². The third-order valence-electron chi connectivity index (χ3n) is 7.54. The lowest BCUT2D eigenvalue weighted by molar-refractivity contribution is 0.0662. The van der Waals surface area contributed by atoms with Crippen LogP contribution < -0.4 is 10.5 Å². The Kier molecular flexibility index (Phi) is 4.74. The van der Waals surface area contributed by atoms with Crippen molar-refractivity contribution in [3.63, 3.8) is 0 Å². The molecule has 1 N–H and O–H groups in total. The van der Waals surface area contributed by atoms with Gasteiger partial charge in [0.15, 0.2) is 0 Å². The summed E-state index contributed by atoms with van der Waals surface area (Å²) in [6, 6.07) is 0. The van der Waals surface area contributed by atoms with Gasteiger partial charge in [0.05, 0.1) is 24.5 Å². The van der Waals surface area contributed by atoms with Gasteiger partial charge in [-0.3, -0.25) is 14.6 Å². The summed E-state index contributed by atoms with van der Waals surface area (Å²) in [5.41, 5.74) is 2.20. The minimum atomic E-state index is -0.117. The predicted molar refractivity (Wildman–Crippen MR) is 117 cm³/mol. The number of piperidine rings is 1. The van der Waals surface area contributed by atoms with Gasteiger partial charge in [-0.15, -0.1) is 0 Å². The molecule has 0 radical (unpaired) electrons. The number of rotatable bonds is 3. The molecule has 2 aliphatic heterocycles. The van der Waals surface area contributed by atoms with Crippen molar-refractivity contribution in [2.24, 2.45) is 0 Å². The summed E-state index contributed by atoms with van der Waals surface area (Å²) in [6.07, 6.45) is 8.97. The highest BCUT2D eigenvalue weighted by molar-refractivity contribution is 5.93. The fraction of sp³-hybridized carbons (Fsp3) is 0.609. The molecule has 0 unspecified atom stereocenters. The van der Waals surface area contributed by atoms with Crippen LogP contribution in [0.25, 0.3) is 0 Å². The van der Waals surface area contributed by atoms with Crippen molar-refractivity contribution in [1.82, 2.24) is 24.8 Å². The number of hydrogen-bond acceptors (Lipinski definition) is 7. The van der Waals surface area contributed by atoms with Crippen LogP contribution in [0.4, 0.5) is 5.95 Å². The molecule has 3 fully saturated rings. The van der Waals surface area contributed by atoms with Crippen LogP contribution in [-0.4, -0.2) is 70.1 Å². The van der Waals surface area contributed by atoms with E-state index < -0.39 is 0 Å². The highest BCUT2D eigenvalue weighted by Crippen LogP contribution is 2.45. The van der Waals surface area contributed by atoms with Gasteiger partial charge in [0.25, 0.3) is 11.5 Å². The van der Waals surface area contributed by atoms with Gasteiger partial charge in [-0.2, -0.15) is 0 Å². The normalized spacial score (nSPS) is 22.2. The predicted octanol–water partition coefficient (Wildman–Crippen LogP) is 1.39. The van der Waals surface area contributed by atoms with Crippen LogP contribution in [0.2, 0.25) is 0 Å². The molecule has 168 valence electrons. The van der Waals surface area contributed by atoms with E-state index in [1.54, 1.807) is 12.4 Å². The van der Waals surface area contributed by atoms with Crippen molar-refractivity contribution in [2.75, 3.05) is 44.3 Å². The van der Waals surface area contributed by atoms with E-state index in [1.807, 2.05) is 4.90 Å². The van der Waals surface area contributed by atoms with Crippen LogP contribution in [0.1, 0.15) is 65.5 Å². The number of morpholine rings is 1. The van der Waals surface area contributed by atoms with E-state index in [9.17, 15) is 9.59 Å². The van der Waals surface area contributed by atoms with Crippen molar-refractivity contribution in [3.05, 3.63) is 45.4 Å². The van der Waals surface area contributed by atoms with Crippen LogP contribution in [0, 0.1) is 0 Å². The third-order valence-corrected chi connectivity index (χ3v) is 7.54. The number of nitrogens with zero attached hydrogens (tertiary/aromatic N) is 5. The van der Waals surface area contributed by atoms with Crippen LogP contribution in [0.5, 0.6) is 0 Å². The number of aromatic amines is 1. The summed E-state index contributed by atoms with van der Waals surface area (Å²) in [6.45, 7) is 4.08. The molecule has 6 rings (SSSR count). The second kappa shape index (κ2) is 7.65. The standard InChI is InChI=1S/C23H28N6O3/c30-20-17-3-4-23(18(17)26-22(27-20)29-9-11-32-12-10-29)5-7-28(8-6-23)21(31)16-13-24-19(25-14-16)15-1-2-15/h13-15H,1-12H2,(H,26,27,30). The third kappa shape index (κ3) is 3.39. The Bertz CT molecular complexity index is 1080. The average Bonchev–Trinajstić information content (AvgIpc) is 3.64. The molecule has 32 heavy (non-hydrogen) atoms. The maximum Gasteiger partial charge on any atom is 0.256 e. The Hall–Kier alpha value is -2.81. The minimum absolute atomic E-state index is 0.00621. The summed E-state index contributed by atoms with van der Waals surface area (Å²) >= 11 is 0. The van der Waals surface area contributed by atoms with Crippen LogP contribution in [-0.2, 0) is 16.6 Å². The SMILES string of the molecule is O=C(c1cnc(C2CC2)nc1)N1CCC2(CCc3c2nc(N2CCOCC2)[nH]c3=O)CC1. The number of nitrogens with one attached hydrogen (secondary N) is 1. The highest BCUT2D eigenvalue weighted by Gasteiger charge is 2.45. The van der Waals surface area contributed by atoms with Crippen LogP contribution in [0.3, 0.4) is 0 Å². The number of fused-ring (bicyclic) bond motifs is 2. The average molecular weight is 437 g/mol. The van der Waals surface area contributed by atoms with E-state index in [4.69, 9.17) is 9.72 Å². The Morgan fingerprint density at radius 1 is 1.06 bits per heavy atom. The Morgan fingerprint density at radius 2 is 1.78 bits per heavy atom. The summed E-state index contributed by atoms with van der Waals surface area (Å²) in [5, 5.41) is 0. The molecule has 4 heterocycles. The number of aromatic nitrogens is 4. The zero-order valence-corrected chi connectivity index (χ0v) is 18.2. The molecule has 2 aromatic heterocycles. The number of ether oxygens (including phenoxy) is 1. The Morgan fingerprint density at radius 3 is 2.47 bits per heavy atom. The van der Waals surface area contributed by atoms with E-state index in [0.29, 0.717) is 43.7 Å². The van der Waals surface area contributed by atoms with Crippen molar-refractivity contribution >= 4 is 11.9 Å². The van der Waals surface area contributed by atoms with E-state index in [2.05, 4.69) is 19.9 Å². The topological polar surface area (TPSA) is 104 Å². The summed E-state index contributed by atoms with van der Waals surface area (Å²) < 4.78 is 5.44. The molecule has 1 amide bonds. The second-order valence-electron chi connectivity index (χ2n) is 9.49. The number of anilines is 1. The summed E-state index contributed by atoms with van der Waals surface area (Å²) in [5.74, 6) is 1.99. The Balaban J connectivity index is 1.19. The molecule has 1 saturated carbocycles. The molecule has 0 bridgehead atoms. The van der Waals surface area contributed by atoms with Gasteiger partial charge in [0.2, 0.25) is 5.95 Å². The molecule has 2 saturated heterocycles. The molecule has 2 aliphatic carbocycles. The van der Waals surface area contributed by atoms with Gasteiger partial charge >= 0.3 is 0 Å². The van der Waals surface area contributed by atoms with Crippen molar-refractivity contribution in [2.45, 2.75) is 49.9 Å². The molecule has 0 aromatic carbocycles. The first-order valence-corrected chi connectivity index (χ1v) is 11.7. The quantitative estimate of drug-likeness (QED) is 0.775. The van der Waals surface area contributed by atoms with Crippen molar-refractivity contribution in [3.8, 4) is 0 Å². The molecule has 4 aliphatic rings. The number of carbonyl (C=O) groups is 1. The lowest BCUT2D eigenvalue weighted by atomic mass is 9.76. The van der Waals surface area contributed by atoms with Crippen LogP contribution in [0.15, 0.2) is 17.2 Å². The first-order chi connectivity index (χ1) is 15.6. The monoisotopic (exact) mass is 436 g/mol. The van der Waals surface area contributed by atoms with Crippen molar-refractivity contribution < 1.29 is 9.53 Å². The van der Waals surface area contributed by atoms with E-state index >= 15 is 0 Å². The van der Waals surface area contributed by atoms with Gasteiger partial charge in [0.1, 0.15) is 5.82 Å². The highest BCUT2D eigenvalue weighted by atomic mass is 16.5. The molecule has 9 nitrogen and oxygen atoms in total. The minimum Gasteiger partial charge on any atom is -0.378 e. The maximum atomic E-state index is 13.0. The van der Waals surface area contributed by atoms with Gasteiger partial charge < -0.3 is 14.5 Å². The fourth-order valence-electron chi connectivity index (χ4n) is 5.37. The smallest absolute Gasteiger partial charge is 0.256 e. The molecule has 9 heteroatoms. The second-order valence-corrected chi connectivity index (χ2v) is 9.49. The molecule has 0 atom stereocenters. The summed E-state index contributed by atoms with van der Waals surface area (Å²) in [4.78, 5) is 46.6. The number of likely N-dealkylation sites (tertiary alicyclic amines) is 1. The number of H-pyrrole nitrogens is 1. The lowest BCUT2D eigenvalue weighted by Gasteiger charge is -2.39.